The molecule has 82 valence electrons. The van der Waals surface area contributed by atoms with E-state index in [4.69, 9.17) is 0 Å². The van der Waals surface area contributed by atoms with Crippen LogP contribution in [-0.2, 0) is 11.2 Å². The highest BCUT2D eigenvalue weighted by molar-refractivity contribution is 5.80. The van der Waals surface area contributed by atoms with E-state index in [0.717, 1.165) is 6.07 Å². The Morgan fingerprint density at radius 3 is 2.53 bits per heavy atom. The summed E-state index contributed by atoms with van der Waals surface area (Å²) in [7, 11) is 0. The van der Waals surface area contributed by atoms with E-state index in [1.54, 1.807) is 0 Å². The van der Waals surface area contributed by atoms with E-state index in [9.17, 15) is 13.6 Å². The van der Waals surface area contributed by atoms with Gasteiger partial charge in [-0.3, -0.25) is 4.79 Å². The molecule has 0 aromatic heterocycles. The summed E-state index contributed by atoms with van der Waals surface area (Å²) in [6.45, 7) is 3.62. The number of aryl methyl sites for hydroxylation is 1. The maximum Gasteiger partial charge on any atom is 0.135 e. The number of carbonyl (C=O) groups is 1. The molecule has 0 spiro atoms. The Labute approximate surface area is 88.1 Å². The fourth-order valence-electron chi connectivity index (χ4n) is 1.27. The fraction of sp³-hybridized carbons (Fsp3) is 0.417. The van der Waals surface area contributed by atoms with Crippen molar-refractivity contribution in [2.75, 3.05) is 0 Å². The molecule has 0 fully saturated rings. The summed E-state index contributed by atoms with van der Waals surface area (Å²) >= 11 is 0. The van der Waals surface area contributed by atoms with Crippen LogP contribution in [0.2, 0.25) is 0 Å². The molecular formula is C12H14F2O. The maximum absolute atomic E-state index is 13.2. The summed E-state index contributed by atoms with van der Waals surface area (Å²) in [5.74, 6) is -1.11. The molecule has 0 saturated carbocycles. The predicted octanol–water partition coefficient (Wildman–Crippen LogP) is 3.12. The average molecular weight is 212 g/mol. The van der Waals surface area contributed by atoms with Crippen molar-refractivity contribution < 1.29 is 13.6 Å². The fourth-order valence-corrected chi connectivity index (χ4v) is 1.27. The van der Waals surface area contributed by atoms with Gasteiger partial charge in [0, 0.05) is 18.4 Å². The van der Waals surface area contributed by atoms with Crippen LogP contribution in [0, 0.1) is 17.6 Å². The number of halogens is 2. The van der Waals surface area contributed by atoms with Gasteiger partial charge in [-0.15, -0.1) is 0 Å². The monoisotopic (exact) mass is 212 g/mol. The van der Waals surface area contributed by atoms with E-state index < -0.39 is 11.6 Å². The first kappa shape index (κ1) is 11.8. The van der Waals surface area contributed by atoms with Crippen molar-refractivity contribution >= 4 is 5.78 Å². The van der Waals surface area contributed by atoms with E-state index in [1.807, 2.05) is 13.8 Å². The Hall–Kier alpha value is -1.25. The zero-order valence-electron chi connectivity index (χ0n) is 8.89. The van der Waals surface area contributed by atoms with Crippen molar-refractivity contribution in [2.45, 2.75) is 26.7 Å². The molecule has 0 heterocycles. The zero-order chi connectivity index (χ0) is 11.4. The molecule has 0 saturated heterocycles. The molecule has 1 aromatic rings. The van der Waals surface area contributed by atoms with Gasteiger partial charge in [-0.05, 0) is 18.1 Å². The van der Waals surface area contributed by atoms with E-state index in [2.05, 4.69) is 0 Å². The van der Waals surface area contributed by atoms with Crippen LogP contribution in [0.15, 0.2) is 18.2 Å². The van der Waals surface area contributed by atoms with Crippen molar-refractivity contribution in [3.8, 4) is 0 Å². The topological polar surface area (TPSA) is 17.1 Å². The van der Waals surface area contributed by atoms with Crippen LogP contribution in [0.1, 0.15) is 25.8 Å². The Bertz CT molecular complexity index is 359. The Balaban J connectivity index is 2.62. The Morgan fingerprint density at radius 1 is 1.33 bits per heavy atom. The van der Waals surface area contributed by atoms with Gasteiger partial charge < -0.3 is 0 Å². The first-order chi connectivity index (χ1) is 7.00. The van der Waals surface area contributed by atoms with Crippen LogP contribution in [0.25, 0.3) is 0 Å². The molecule has 0 bridgehead atoms. The summed E-state index contributed by atoms with van der Waals surface area (Å²) in [6, 6.07) is 3.44. The van der Waals surface area contributed by atoms with Gasteiger partial charge in [0.15, 0.2) is 0 Å². The molecule has 0 atom stereocenters. The van der Waals surface area contributed by atoms with Crippen LogP contribution < -0.4 is 0 Å². The molecule has 15 heavy (non-hydrogen) atoms. The molecule has 3 heteroatoms. The SMILES string of the molecule is CC(C)C(=O)CCc1ccc(F)cc1F. The van der Waals surface area contributed by atoms with Crippen LogP contribution in [0.4, 0.5) is 8.78 Å². The van der Waals surface area contributed by atoms with Gasteiger partial charge in [-0.25, -0.2) is 8.78 Å². The Morgan fingerprint density at radius 2 is 2.00 bits per heavy atom. The van der Waals surface area contributed by atoms with E-state index in [-0.39, 0.29) is 11.7 Å². The van der Waals surface area contributed by atoms with E-state index in [0.29, 0.717) is 18.4 Å². The van der Waals surface area contributed by atoms with Gasteiger partial charge in [-0.2, -0.15) is 0 Å². The molecule has 0 radical (unpaired) electrons. The van der Waals surface area contributed by atoms with Gasteiger partial charge in [0.05, 0.1) is 0 Å². The second kappa shape index (κ2) is 5.01. The Kier molecular flexibility index (Phi) is 3.95. The van der Waals surface area contributed by atoms with Gasteiger partial charge in [0.25, 0.3) is 0 Å². The molecule has 1 aromatic carbocycles. The third-order valence-corrected chi connectivity index (χ3v) is 2.30. The minimum Gasteiger partial charge on any atom is -0.299 e. The lowest BCUT2D eigenvalue weighted by Crippen LogP contribution is -2.08. The van der Waals surface area contributed by atoms with Crippen LogP contribution in [0.3, 0.4) is 0 Å². The number of hydrogen-bond donors (Lipinski definition) is 0. The second-order valence-corrected chi connectivity index (χ2v) is 3.86. The van der Waals surface area contributed by atoms with E-state index in [1.165, 1.54) is 12.1 Å². The zero-order valence-corrected chi connectivity index (χ0v) is 8.89. The number of carbonyl (C=O) groups excluding carboxylic acids is 1. The second-order valence-electron chi connectivity index (χ2n) is 3.86. The van der Waals surface area contributed by atoms with Gasteiger partial charge >= 0.3 is 0 Å². The lowest BCUT2D eigenvalue weighted by molar-refractivity contribution is -0.121. The molecular weight excluding hydrogens is 198 g/mol. The standard InChI is InChI=1S/C12H14F2O/c1-8(2)12(15)6-4-9-3-5-10(13)7-11(9)14/h3,5,7-8H,4,6H2,1-2H3. The van der Waals surface area contributed by atoms with Crippen molar-refractivity contribution in [1.82, 2.24) is 0 Å². The number of rotatable bonds is 4. The molecule has 0 aliphatic carbocycles. The van der Waals surface area contributed by atoms with Gasteiger partial charge in [-0.1, -0.05) is 19.9 Å². The molecule has 1 rings (SSSR count). The lowest BCUT2D eigenvalue weighted by atomic mass is 10.0. The quantitative estimate of drug-likeness (QED) is 0.749. The van der Waals surface area contributed by atoms with E-state index >= 15 is 0 Å². The molecule has 1 nitrogen and oxygen atoms in total. The van der Waals surface area contributed by atoms with Crippen molar-refractivity contribution in [1.29, 1.82) is 0 Å². The maximum atomic E-state index is 13.2. The number of hydrogen-bond acceptors (Lipinski definition) is 1. The highest BCUT2D eigenvalue weighted by atomic mass is 19.1. The predicted molar refractivity (Wildman–Crippen MR) is 54.5 cm³/mol. The first-order valence-corrected chi connectivity index (χ1v) is 4.97. The summed E-state index contributed by atoms with van der Waals surface area (Å²) in [4.78, 5) is 11.3. The van der Waals surface area contributed by atoms with Crippen LogP contribution in [-0.4, -0.2) is 5.78 Å². The summed E-state index contributed by atoms with van der Waals surface area (Å²) in [5, 5.41) is 0. The number of Topliss-reactive ketones (excluding diaryl/α,β-unsaturated/α-hetero) is 1. The lowest BCUT2D eigenvalue weighted by Gasteiger charge is -2.05. The summed E-state index contributed by atoms with van der Waals surface area (Å²) in [6.07, 6.45) is 0.642. The third kappa shape index (κ3) is 3.42. The normalized spacial score (nSPS) is 10.7. The minimum atomic E-state index is -0.591. The number of benzene rings is 1. The van der Waals surface area contributed by atoms with Crippen LogP contribution in [0.5, 0.6) is 0 Å². The highest BCUT2D eigenvalue weighted by Gasteiger charge is 2.09. The summed E-state index contributed by atoms with van der Waals surface area (Å²) in [5.41, 5.74) is 0.394. The van der Waals surface area contributed by atoms with Crippen molar-refractivity contribution in [2.24, 2.45) is 5.92 Å². The molecule has 0 amide bonds. The van der Waals surface area contributed by atoms with Gasteiger partial charge in [0.1, 0.15) is 17.4 Å². The minimum absolute atomic E-state index is 0.0338. The first-order valence-electron chi connectivity index (χ1n) is 4.97. The van der Waals surface area contributed by atoms with Crippen molar-refractivity contribution in [3.63, 3.8) is 0 Å². The molecule has 0 N–H and O–H groups in total. The highest BCUT2D eigenvalue weighted by Crippen LogP contribution is 2.12. The van der Waals surface area contributed by atoms with Gasteiger partial charge in [0.2, 0.25) is 0 Å². The van der Waals surface area contributed by atoms with Crippen LogP contribution >= 0.6 is 0 Å². The smallest absolute Gasteiger partial charge is 0.135 e. The molecule has 0 unspecified atom stereocenters. The summed E-state index contributed by atoms with van der Waals surface area (Å²) < 4.78 is 25.7. The largest absolute Gasteiger partial charge is 0.299 e. The average Bonchev–Trinajstić information content (AvgIpc) is 2.15. The molecule has 0 aliphatic rings. The van der Waals surface area contributed by atoms with Crippen molar-refractivity contribution in [3.05, 3.63) is 35.4 Å². The number of ketones is 1. The third-order valence-electron chi connectivity index (χ3n) is 2.30. The molecule has 0 aliphatic heterocycles.